The van der Waals surface area contributed by atoms with Crippen LogP contribution in [0.15, 0.2) is 29.6 Å². The van der Waals surface area contributed by atoms with Crippen molar-refractivity contribution in [1.82, 2.24) is 35.8 Å². The predicted octanol–water partition coefficient (Wildman–Crippen LogP) is 10.8. The molecule has 91 heavy (non-hydrogen) atoms. The van der Waals surface area contributed by atoms with Gasteiger partial charge in [0.25, 0.3) is 17.7 Å². The van der Waals surface area contributed by atoms with Crippen LogP contribution in [0.5, 0.6) is 0 Å². The van der Waals surface area contributed by atoms with Crippen LogP contribution >= 0.6 is 32.9 Å². The number of rotatable bonds is 46. The summed E-state index contributed by atoms with van der Waals surface area (Å²) < 4.78 is 11.3. The van der Waals surface area contributed by atoms with Gasteiger partial charge in [-0.1, -0.05) is 113 Å². The first-order valence-corrected chi connectivity index (χ1v) is 36.0. The van der Waals surface area contributed by atoms with Crippen molar-refractivity contribution in [1.29, 1.82) is 0 Å². The fraction of sp³-hybridized carbons (Fsp3) is 0.721. The van der Waals surface area contributed by atoms with Gasteiger partial charge in [0.05, 0.1) is 17.3 Å². The van der Waals surface area contributed by atoms with Crippen molar-refractivity contribution >= 4 is 91.7 Å². The Labute approximate surface area is 554 Å². The van der Waals surface area contributed by atoms with Gasteiger partial charge in [0.15, 0.2) is 11.6 Å². The lowest BCUT2D eigenvalue weighted by Crippen LogP contribution is -2.51. The van der Waals surface area contributed by atoms with E-state index in [1.807, 2.05) is 89.7 Å². The van der Waals surface area contributed by atoms with Crippen LogP contribution < -0.4 is 16.0 Å². The Hall–Kier alpha value is -5.07. The van der Waals surface area contributed by atoms with E-state index in [4.69, 9.17) is 19.3 Å². The molecule has 1 aliphatic heterocycles. The number of carbonyl (C=O) groups excluding carboxylic acids is 10. The summed E-state index contributed by atoms with van der Waals surface area (Å²) in [6, 6.07) is 6.45. The molecule has 1 aromatic heterocycles. The Kier molecular flexibility index (Phi) is 35.5. The van der Waals surface area contributed by atoms with Crippen LogP contribution in [-0.2, 0) is 63.9 Å². The highest BCUT2D eigenvalue weighted by atomic mass is 33.1. The van der Waals surface area contributed by atoms with Crippen LogP contribution in [-0.4, -0.2) is 160 Å². The van der Waals surface area contributed by atoms with Gasteiger partial charge in [0.1, 0.15) is 22.6 Å². The minimum atomic E-state index is -0.806. The minimum absolute atomic E-state index is 0.0131. The molecule has 1 fully saturated rings. The molecule has 6 amide bonds. The summed E-state index contributed by atoms with van der Waals surface area (Å²) in [6.45, 7) is 27.2. The monoisotopic (exact) mass is 1330 g/mol. The number of nitrogens with one attached hydrogen (secondary N) is 3. The van der Waals surface area contributed by atoms with Crippen molar-refractivity contribution in [2.45, 2.75) is 234 Å². The van der Waals surface area contributed by atoms with Crippen LogP contribution in [0.25, 0.3) is 0 Å². The molecule has 0 spiro atoms. The van der Waals surface area contributed by atoms with Crippen molar-refractivity contribution in [3.8, 4) is 0 Å². The number of aryl methyl sites for hydroxylation is 1. The van der Waals surface area contributed by atoms with Crippen LogP contribution in [0.2, 0.25) is 0 Å². The van der Waals surface area contributed by atoms with Gasteiger partial charge in [0.2, 0.25) is 17.7 Å². The number of carbonyl (C=O) groups is 10. The van der Waals surface area contributed by atoms with Gasteiger partial charge in [-0.05, 0) is 124 Å². The van der Waals surface area contributed by atoms with Gasteiger partial charge in [-0.2, -0.15) is 0 Å². The number of unbranched alkanes of at least 4 members (excludes halogenated alkanes) is 1. The fourth-order valence-corrected chi connectivity index (χ4v) is 13.8. The average Bonchev–Trinajstić information content (AvgIpc) is 3.53. The maximum Gasteiger partial charge on any atom is 0.333 e. The van der Waals surface area contributed by atoms with Gasteiger partial charge < -0.3 is 35.2 Å². The van der Waals surface area contributed by atoms with Gasteiger partial charge in [0, 0.05) is 118 Å². The van der Waals surface area contributed by atoms with E-state index >= 15 is 0 Å². The van der Waals surface area contributed by atoms with Crippen molar-refractivity contribution in [2.24, 2.45) is 29.6 Å². The third-order valence-corrected chi connectivity index (χ3v) is 21.3. The molecular weight excluding hydrogens is 1220 g/mol. The second-order valence-corrected chi connectivity index (χ2v) is 30.2. The topological polar surface area (TPSA) is 257 Å². The van der Waals surface area contributed by atoms with E-state index in [0.717, 1.165) is 30.4 Å². The van der Waals surface area contributed by atoms with Crippen LogP contribution in [0.3, 0.4) is 0 Å². The Bertz CT molecular complexity index is 2670. The molecule has 23 heteroatoms. The molecule has 0 radical (unpaired) electrons. The molecular formula is C68H109N7O13S3. The van der Waals surface area contributed by atoms with Gasteiger partial charge in [-0.25, -0.2) is 9.78 Å². The summed E-state index contributed by atoms with van der Waals surface area (Å²) >= 11 is 1.33. The Balaban J connectivity index is 1.69. The Morgan fingerprint density at radius 3 is 2.09 bits per heavy atom. The number of ketones is 3. The number of likely N-dealkylation sites (N-methyl/N-ethyl adjacent to an activating group) is 1. The van der Waals surface area contributed by atoms with E-state index in [2.05, 4.69) is 50.6 Å². The highest BCUT2D eigenvalue weighted by molar-refractivity contribution is 8.77. The molecule has 1 aliphatic rings. The number of benzene rings is 1. The van der Waals surface area contributed by atoms with E-state index in [0.29, 0.717) is 81.3 Å². The quantitative estimate of drug-likeness (QED) is 0.0316. The number of nitrogens with zero attached hydrogens (tertiary/aromatic N) is 4. The normalized spacial score (nSPS) is 15.6. The van der Waals surface area contributed by atoms with Crippen molar-refractivity contribution < 1.29 is 62.3 Å². The highest BCUT2D eigenvalue weighted by Crippen LogP contribution is 2.39. The van der Waals surface area contributed by atoms with Crippen LogP contribution in [0, 0.1) is 36.5 Å². The lowest BCUT2D eigenvalue weighted by Gasteiger charge is -2.40. The standard InChI is InChI=1S/C68H109N7O13S3/c1-17-34-74(66(85)51(46(7)19-3)40-58(78)68(12,13)73(14)15)54(44(4)5)41-57(87-35-18-2)65-72-53(42-89-65)64(84)70-50(39-49-27-25-45(6)26-28-49)37-47(8)56(77)38-48(9)63(83)71-52(55(76)24-22-36-86-16)23-20-21-33-69-59(79)43-90-91-67(10,11)32-31-62(82)88-75-60(80)29-30-61(75)81/h25-28,42,44,46-48,50-52,54,57H,17-24,29-41,43H2,1-16H3,(H,69,79)(H,70,84)(H,71,83)/t46?,47?,48?,50-,51+,52?,54-,57-/m1/s1. The molecule has 0 aliphatic carbocycles. The lowest BCUT2D eigenvalue weighted by atomic mass is 9.81. The summed E-state index contributed by atoms with van der Waals surface area (Å²) in [5.41, 5.74) is 1.52. The highest BCUT2D eigenvalue weighted by Gasteiger charge is 2.40. The number of thiazole rings is 1. The first kappa shape index (κ1) is 80.2. The molecule has 20 nitrogen and oxygen atoms in total. The number of imide groups is 1. The molecule has 3 rings (SSSR count). The third-order valence-electron chi connectivity index (χ3n) is 17.2. The van der Waals surface area contributed by atoms with E-state index < -0.39 is 75.8 Å². The van der Waals surface area contributed by atoms with Crippen LogP contribution in [0.4, 0.5) is 0 Å². The summed E-state index contributed by atoms with van der Waals surface area (Å²) in [7, 11) is 8.09. The van der Waals surface area contributed by atoms with Crippen LogP contribution in [0.1, 0.15) is 219 Å². The predicted molar refractivity (Wildman–Crippen MR) is 361 cm³/mol. The second-order valence-electron chi connectivity index (χ2n) is 26.3. The zero-order valence-corrected chi connectivity index (χ0v) is 59.9. The Morgan fingerprint density at radius 1 is 0.813 bits per heavy atom. The van der Waals surface area contributed by atoms with Gasteiger partial charge >= 0.3 is 5.97 Å². The number of ether oxygens (including phenoxy) is 2. The SMILES string of the molecule is CCCO[C@H](C[C@H](C(C)C)N(CCC)C(=O)[C@@H](CC(=O)C(C)(C)N(C)C)C(C)CC)c1nc(C(=O)N[C@@H](Cc2ccc(C)cc2)CC(C)C(=O)CC(C)C(=O)NC(CCCCNC(=O)CSSC(C)(C)CCC(=O)ON2C(=O)CCC2=O)C(=O)CCCOC)cs1. The molecule has 8 atom stereocenters. The zero-order chi connectivity index (χ0) is 68.2. The average molecular weight is 1330 g/mol. The molecule has 512 valence electrons. The number of amides is 6. The van der Waals surface area contributed by atoms with Gasteiger partial charge in [-0.15, -0.1) is 16.4 Å². The molecule has 2 aromatic rings. The third kappa shape index (κ3) is 27.4. The number of hydroxylamine groups is 2. The minimum Gasteiger partial charge on any atom is -0.385 e. The van der Waals surface area contributed by atoms with Crippen molar-refractivity contribution in [3.05, 3.63) is 51.5 Å². The number of methoxy groups -OCH3 is 1. The first-order valence-electron chi connectivity index (χ1n) is 32.8. The lowest BCUT2D eigenvalue weighted by molar-refractivity contribution is -0.197. The Morgan fingerprint density at radius 2 is 1.48 bits per heavy atom. The summed E-state index contributed by atoms with van der Waals surface area (Å²) in [5, 5.41) is 11.9. The van der Waals surface area contributed by atoms with Crippen molar-refractivity contribution in [3.63, 3.8) is 0 Å². The second kappa shape index (κ2) is 40.2. The smallest absolute Gasteiger partial charge is 0.333 e. The molecule has 0 saturated carbocycles. The fourth-order valence-electron chi connectivity index (χ4n) is 10.5. The largest absolute Gasteiger partial charge is 0.385 e. The number of hydrogen-bond acceptors (Lipinski definition) is 18. The molecule has 0 bridgehead atoms. The molecule has 2 heterocycles. The summed E-state index contributed by atoms with van der Waals surface area (Å²) in [6.07, 6.45) is 5.34. The van der Waals surface area contributed by atoms with E-state index in [-0.39, 0.29) is 103 Å². The number of Topliss-reactive ketones (excluding diaryl/α,β-unsaturated/α-hetero) is 3. The molecule has 1 saturated heterocycles. The maximum absolute atomic E-state index is 14.9. The number of hydrogen-bond donors (Lipinski definition) is 3. The van der Waals surface area contributed by atoms with E-state index in [1.54, 1.807) is 26.3 Å². The first-order chi connectivity index (χ1) is 42.9. The summed E-state index contributed by atoms with van der Waals surface area (Å²) in [4.78, 5) is 147. The van der Waals surface area contributed by atoms with E-state index in [9.17, 15) is 47.9 Å². The number of aromatic nitrogens is 1. The maximum atomic E-state index is 14.9. The molecule has 4 unspecified atom stereocenters. The summed E-state index contributed by atoms with van der Waals surface area (Å²) in [5.74, 6) is -4.76. The van der Waals surface area contributed by atoms with Crippen molar-refractivity contribution in [2.75, 3.05) is 53.3 Å². The zero-order valence-electron chi connectivity index (χ0n) is 57.5. The molecule has 3 N–H and O–H groups in total. The van der Waals surface area contributed by atoms with Gasteiger partial charge in [-0.3, -0.25) is 48.1 Å². The van der Waals surface area contributed by atoms with E-state index in [1.165, 1.54) is 32.9 Å². The molecule has 1 aromatic carbocycles.